The maximum atomic E-state index is 14.0. The Morgan fingerprint density at radius 1 is 1.42 bits per heavy atom. The Morgan fingerprint density at radius 2 is 2.05 bits per heavy atom. The fourth-order valence-corrected chi connectivity index (χ4v) is 2.96. The second-order valence-corrected chi connectivity index (χ2v) is 5.48. The van der Waals surface area contributed by atoms with Crippen molar-refractivity contribution in [2.75, 3.05) is 26.2 Å². The quantitative estimate of drug-likeness (QED) is 0.834. The molecule has 0 radical (unpaired) electrons. The van der Waals surface area contributed by atoms with Gasteiger partial charge in [0.25, 0.3) is 0 Å². The van der Waals surface area contributed by atoms with Gasteiger partial charge < -0.3 is 10.4 Å². The molecule has 1 aromatic rings. The molecule has 0 unspecified atom stereocenters. The van der Waals surface area contributed by atoms with Crippen LogP contribution in [0, 0.1) is 11.6 Å². The molecule has 0 aliphatic carbocycles. The number of nitrogens with one attached hydrogen (secondary N) is 1. The number of hydrogen-bond acceptors (Lipinski definition) is 3. The van der Waals surface area contributed by atoms with Crippen molar-refractivity contribution in [1.29, 1.82) is 0 Å². The van der Waals surface area contributed by atoms with Crippen LogP contribution in [0.3, 0.4) is 0 Å². The summed E-state index contributed by atoms with van der Waals surface area (Å²) in [5.74, 6) is -2.09. The molecule has 0 saturated carbocycles. The summed E-state index contributed by atoms with van der Waals surface area (Å²) in [4.78, 5) is 2.07. The maximum absolute atomic E-state index is 14.0. The number of nitrogens with zero attached hydrogens (tertiary/aromatic N) is 1. The van der Waals surface area contributed by atoms with E-state index in [2.05, 4.69) is 26.1 Å². The van der Waals surface area contributed by atoms with Crippen molar-refractivity contribution in [3.63, 3.8) is 0 Å². The van der Waals surface area contributed by atoms with Crippen LogP contribution in [0.2, 0.25) is 0 Å². The molecule has 1 heterocycles. The first-order chi connectivity index (χ1) is 9.06. The summed E-state index contributed by atoms with van der Waals surface area (Å²) in [7, 11) is 0. The fourth-order valence-electron chi connectivity index (χ4n) is 2.55. The third-order valence-corrected chi connectivity index (χ3v) is 4.10. The van der Waals surface area contributed by atoms with E-state index < -0.39 is 11.6 Å². The molecule has 2 N–H and O–H groups in total. The van der Waals surface area contributed by atoms with Gasteiger partial charge in [0, 0.05) is 32.2 Å². The minimum Gasteiger partial charge on any atom is -0.506 e. The minimum atomic E-state index is -0.953. The minimum absolute atomic E-state index is 0.0521. The van der Waals surface area contributed by atoms with Crippen LogP contribution in [0.1, 0.15) is 24.9 Å². The van der Waals surface area contributed by atoms with Crippen molar-refractivity contribution in [2.24, 2.45) is 0 Å². The Balaban J connectivity index is 2.42. The predicted molar refractivity (Wildman–Crippen MR) is 73.2 cm³/mol. The lowest BCUT2D eigenvalue weighted by Crippen LogP contribution is -2.45. The van der Waals surface area contributed by atoms with Crippen LogP contribution in [0.4, 0.5) is 8.78 Å². The van der Waals surface area contributed by atoms with Crippen molar-refractivity contribution >= 4 is 15.9 Å². The van der Waals surface area contributed by atoms with Gasteiger partial charge >= 0.3 is 0 Å². The van der Waals surface area contributed by atoms with E-state index in [4.69, 9.17) is 0 Å². The smallest absolute Gasteiger partial charge is 0.167 e. The Bertz CT molecular complexity index is 438. The van der Waals surface area contributed by atoms with E-state index in [1.165, 1.54) is 0 Å². The van der Waals surface area contributed by atoms with Gasteiger partial charge in [-0.2, -0.15) is 0 Å². The van der Waals surface area contributed by atoms with Crippen LogP contribution in [-0.2, 0) is 0 Å². The first kappa shape index (κ1) is 14.7. The summed E-state index contributed by atoms with van der Waals surface area (Å²) in [6.07, 6.45) is 0.611. The lowest BCUT2D eigenvalue weighted by molar-refractivity contribution is 0.162. The lowest BCUT2D eigenvalue weighted by Gasteiger charge is -2.35. The predicted octanol–water partition coefficient (Wildman–Crippen LogP) is 2.79. The monoisotopic (exact) mass is 334 g/mol. The number of rotatable bonds is 3. The summed E-state index contributed by atoms with van der Waals surface area (Å²) in [6, 6.07) is 0.646. The number of phenolic OH excluding ortho intramolecular Hbond substituents is 1. The molecule has 0 aromatic heterocycles. The zero-order valence-corrected chi connectivity index (χ0v) is 12.3. The Labute approximate surface area is 119 Å². The van der Waals surface area contributed by atoms with E-state index >= 15 is 0 Å². The van der Waals surface area contributed by atoms with Crippen LogP contribution in [-0.4, -0.2) is 36.2 Å². The second kappa shape index (κ2) is 6.15. The van der Waals surface area contributed by atoms with Crippen LogP contribution < -0.4 is 5.32 Å². The number of aromatic hydroxyl groups is 1. The topological polar surface area (TPSA) is 35.5 Å². The summed E-state index contributed by atoms with van der Waals surface area (Å²) in [6.45, 7) is 5.05. The Hall–Kier alpha value is -0.720. The van der Waals surface area contributed by atoms with E-state index in [0.29, 0.717) is 6.42 Å². The molecule has 1 aliphatic heterocycles. The molecule has 1 atom stereocenters. The summed E-state index contributed by atoms with van der Waals surface area (Å²) in [5.41, 5.74) is 0.0521. The average molecular weight is 335 g/mol. The number of halogens is 3. The Morgan fingerprint density at radius 3 is 2.63 bits per heavy atom. The van der Waals surface area contributed by atoms with E-state index in [1.54, 1.807) is 0 Å². The number of hydrogen-bond donors (Lipinski definition) is 2. The van der Waals surface area contributed by atoms with Gasteiger partial charge in [-0.05, 0) is 28.4 Å². The van der Waals surface area contributed by atoms with E-state index in [9.17, 15) is 13.9 Å². The number of phenols is 1. The van der Waals surface area contributed by atoms with Gasteiger partial charge in [-0.25, -0.2) is 8.78 Å². The standard InChI is InChI=1S/C13H17BrF2N2O/c1-2-10(18-5-3-17-4-6-18)11-12(16)9(15)7-8(14)13(11)19/h7,10,17,19H,2-6H2,1H3/t10-/m1/s1. The highest BCUT2D eigenvalue weighted by atomic mass is 79.9. The molecule has 0 spiro atoms. The van der Waals surface area contributed by atoms with Crippen molar-refractivity contribution in [1.82, 2.24) is 10.2 Å². The van der Waals surface area contributed by atoms with E-state index in [-0.39, 0.29) is 21.8 Å². The zero-order valence-electron chi connectivity index (χ0n) is 10.7. The first-order valence-corrected chi connectivity index (χ1v) is 7.16. The fraction of sp³-hybridized carbons (Fsp3) is 0.538. The van der Waals surface area contributed by atoms with Crippen LogP contribution in [0.25, 0.3) is 0 Å². The van der Waals surface area contributed by atoms with Gasteiger partial charge in [0.05, 0.1) is 10.0 Å². The molecule has 19 heavy (non-hydrogen) atoms. The van der Waals surface area contributed by atoms with Gasteiger partial charge in [0.1, 0.15) is 5.75 Å². The summed E-state index contributed by atoms with van der Waals surface area (Å²) in [5, 5.41) is 13.3. The molecule has 1 aliphatic rings. The first-order valence-electron chi connectivity index (χ1n) is 6.37. The zero-order chi connectivity index (χ0) is 14.0. The van der Waals surface area contributed by atoms with Gasteiger partial charge in [-0.1, -0.05) is 6.92 Å². The van der Waals surface area contributed by atoms with Crippen molar-refractivity contribution in [2.45, 2.75) is 19.4 Å². The van der Waals surface area contributed by atoms with Gasteiger partial charge in [-0.3, -0.25) is 4.90 Å². The second-order valence-electron chi connectivity index (χ2n) is 4.63. The number of piperazine rings is 1. The van der Waals surface area contributed by atoms with Crippen LogP contribution >= 0.6 is 15.9 Å². The molecule has 2 rings (SSSR count). The molecule has 6 heteroatoms. The molecule has 1 fully saturated rings. The van der Waals surface area contributed by atoms with Crippen molar-refractivity contribution < 1.29 is 13.9 Å². The molecule has 0 bridgehead atoms. The third kappa shape index (κ3) is 2.90. The van der Waals surface area contributed by atoms with Gasteiger partial charge in [0.2, 0.25) is 0 Å². The summed E-state index contributed by atoms with van der Waals surface area (Å²) >= 11 is 3.07. The molecular formula is C13H17BrF2N2O. The average Bonchev–Trinajstić information content (AvgIpc) is 2.42. The van der Waals surface area contributed by atoms with Gasteiger partial charge in [-0.15, -0.1) is 0 Å². The molecular weight excluding hydrogens is 318 g/mol. The highest BCUT2D eigenvalue weighted by Crippen LogP contribution is 2.39. The lowest BCUT2D eigenvalue weighted by atomic mass is 10.00. The van der Waals surface area contributed by atoms with E-state index in [1.807, 2.05) is 6.92 Å². The highest BCUT2D eigenvalue weighted by Gasteiger charge is 2.28. The van der Waals surface area contributed by atoms with Crippen molar-refractivity contribution in [3.8, 4) is 5.75 Å². The molecule has 1 aromatic carbocycles. The van der Waals surface area contributed by atoms with Gasteiger partial charge in [0.15, 0.2) is 11.6 Å². The normalized spacial score (nSPS) is 18.5. The van der Waals surface area contributed by atoms with Crippen LogP contribution in [0.5, 0.6) is 5.75 Å². The number of benzene rings is 1. The SMILES string of the molecule is CC[C@H](c1c(O)c(Br)cc(F)c1F)N1CCNCC1. The molecule has 1 saturated heterocycles. The molecule has 0 amide bonds. The third-order valence-electron chi connectivity index (χ3n) is 3.49. The summed E-state index contributed by atoms with van der Waals surface area (Å²) < 4.78 is 27.8. The van der Waals surface area contributed by atoms with Crippen molar-refractivity contribution in [3.05, 3.63) is 27.7 Å². The molecule has 3 nitrogen and oxygen atoms in total. The largest absolute Gasteiger partial charge is 0.506 e. The molecule has 106 valence electrons. The highest BCUT2D eigenvalue weighted by molar-refractivity contribution is 9.10. The van der Waals surface area contributed by atoms with E-state index in [0.717, 1.165) is 32.2 Å². The Kier molecular flexibility index (Phi) is 4.76. The van der Waals surface area contributed by atoms with Crippen LogP contribution in [0.15, 0.2) is 10.5 Å². The maximum Gasteiger partial charge on any atom is 0.167 e.